The summed E-state index contributed by atoms with van der Waals surface area (Å²) in [6.07, 6.45) is 3.42. The predicted octanol–water partition coefficient (Wildman–Crippen LogP) is 3.24. The van der Waals surface area contributed by atoms with E-state index in [-0.39, 0.29) is 0 Å². The van der Waals surface area contributed by atoms with Gasteiger partial charge < -0.3 is 19.9 Å². The highest BCUT2D eigenvalue weighted by Crippen LogP contribution is 2.26. The van der Waals surface area contributed by atoms with Gasteiger partial charge in [0.25, 0.3) is 0 Å². The molecule has 10 heteroatoms. The quantitative estimate of drug-likeness (QED) is 0.457. The molecule has 5 rings (SSSR count). The molecule has 0 saturated carbocycles. The molecule has 4 aromatic rings. The van der Waals surface area contributed by atoms with Gasteiger partial charge in [-0.2, -0.15) is 10.2 Å². The van der Waals surface area contributed by atoms with Crippen LogP contribution in [0.3, 0.4) is 0 Å². The van der Waals surface area contributed by atoms with Crippen molar-refractivity contribution in [2.75, 3.05) is 55.5 Å². The van der Waals surface area contributed by atoms with Gasteiger partial charge in [0.05, 0.1) is 36.2 Å². The molecule has 1 aliphatic heterocycles. The largest absolute Gasteiger partial charge is 0.378 e. The Kier molecular flexibility index (Phi) is 6.24. The van der Waals surface area contributed by atoms with Crippen molar-refractivity contribution < 1.29 is 4.74 Å². The summed E-state index contributed by atoms with van der Waals surface area (Å²) in [4.78, 5) is 17.5. The van der Waals surface area contributed by atoms with Gasteiger partial charge in [0.2, 0.25) is 11.9 Å². The molecule has 3 heterocycles. The fraction of sp³-hybridized carbons (Fsp3) is 0.240. The van der Waals surface area contributed by atoms with Gasteiger partial charge in [0, 0.05) is 50.3 Å². The predicted molar refractivity (Wildman–Crippen MR) is 134 cm³/mol. The van der Waals surface area contributed by atoms with Crippen LogP contribution in [0, 0.1) is 11.3 Å². The molecule has 0 amide bonds. The summed E-state index contributed by atoms with van der Waals surface area (Å²) < 4.78 is 7.16. The molecule has 2 aromatic heterocycles. The average Bonchev–Trinajstić information content (AvgIpc) is 3.40. The van der Waals surface area contributed by atoms with Gasteiger partial charge in [-0.3, -0.25) is 0 Å². The zero-order valence-electron chi connectivity index (χ0n) is 19.6. The normalized spacial score (nSPS) is 13.3. The van der Waals surface area contributed by atoms with Crippen LogP contribution in [0.1, 0.15) is 5.56 Å². The summed E-state index contributed by atoms with van der Waals surface area (Å²) >= 11 is 0. The number of nitrogens with one attached hydrogen (secondary N) is 1. The van der Waals surface area contributed by atoms with Gasteiger partial charge >= 0.3 is 0 Å². The number of benzene rings is 2. The zero-order valence-corrected chi connectivity index (χ0v) is 19.6. The van der Waals surface area contributed by atoms with Crippen molar-refractivity contribution in [2.45, 2.75) is 0 Å². The van der Waals surface area contributed by atoms with Crippen molar-refractivity contribution in [3.8, 4) is 23.0 Å². The van der Waals surface area contributed by atoms with Gasteiger partial charge in [-0.1, -0.05) is 0 Å². The molecule has 0 aliphatic carbocycles. The lowest BCUT2D eigenvalue weighted by molar-refractivity contribution is 0.122. The molecular formula is C25H25N9O. The molecule has 176 valence electrons. The second-order valence-electron chi connectivity index (χ2n) is 8.30. The number of anilines is 4. The van der Waals surface area contributed by atoms with E-state index < -0.39 is 0 Å². The van der Waals surface area contributed by atoms with Crippen molar-refractivity contribution in [1.29, 1.82) is 5.26 Å². The van der Waals surface area contributed by atoms with Crippen molar-refractivity contribution in [3.63, 3.8) is 0 Å². The second-order valence-corrected chi connectivity index (χ2v) is 8.30. The first-order chi connectivity index (χ1) is 17.1. The highest BCUT2D eigenvalue weighted by molar-refractivity contribution is 5.69. The summed E-state index contributed by atoms with van der Waals surface area (Å²) in [5.41, 5.74) is 4.86. The first kappa shape index (κ1) is 22.3. The smallest absolute Gasteiger partial charge is 0.245 e. The number of ether oxygens (including phenoxy) is 1. The number of aromatic nitrogens is 5. The van der Waals surface area contributed by atoms with Crippen molar-refractivity contribution >= 4 is 23.3 Å². The molecular weight excluding hydrogens is 442 g/mol. The van der Waals surface area contributed by atoms with E-state index in [1.807, 2.05) is 67.5 Å². The number of rotatable bonds is 6. The summed E-state index contributed by atoms with van der Waals surface area (Å²) in [5.74, 6) is 1.18. The molecule has 35 heavy (non-hydrogen) atoms. The monoisotopic (exact) mass is 467 g/mol. The Hall–Kier alpha value is -4.49. The summed E-state index contributed by atoms with van der Waals surface area (Å²) in [7, 11) is 3.89. The van der Waals surface area contributed by atoms with Crippen LogP contribution in [0.25, 0.3) is 16.9 Å². The maximum Gasteiger partial charge on any atom is 0.245 e. The molecule has 0 radical (unpaired) electrons. The van der Waals surface area contributed by atoms with Crippen molar-refractivity contribution in [1.82, 2.24) is 24.7 Å². The van der Waals surface area contributed by atoms with Crippen LogP contribution in [0.5, 0.6) is 0 Å². The van der Waals surface area contributed by atoms with Gasteiger partial charge in [0.15, 0.2) is 0 Å². The molecule has 0 spiro atoms. The van der Waals surface area contributed by atoms with Crippen LogP contribution < -0.4 is 15.1 Å². The number of nitrogens with zero attached hydrogens (tertiary/aromatic N) is 8. The Balaban J connectivity index is 1.32. The first-order valence-electron chi connectivity index (χ1n) is 11.3. The maximum atomic E-state index is 9.41. The summed E-state index contributed by atoms with van der Waals surface area (Å²) in [6.45, 7) is 2.98. The fourth-order valence-electron chi connectivity index (χ4n) is 3.78. The molecule has 10 nitrogen and oxygen atoms in total. The summed E-state index contributed by atoms with van der Waals surface area (Å²) in [5, 5.41) is 17.3. The molecule has 1 saturated heterocycles. The SMILES string of the molecule is CN(C)c1cc(C#N)cc(-c2ccnc(Nc3ccc(-n4cnc(N5CCOCC5)n4)cc3)n2)c1. The van der Waals surface area contributed by atoms with E-state index in [0.29, 0.717) is 30.7 Å². The van der Waals surface area contributed by atoms with Crippen molar-refractivity contribution in [3.05, 3.63) is 66.6 Å². The van der Waals surface area contributed by atoms with E-state index in [1.54, 1.807) is 17.2 Å². The van der Waals surface area contributed by atoms with E-state index in [1.165, 1.54) is 0 Å². The van der Waals surface area contributed by atoms with Gasteiger partial charge in [0.1, 0.15) is 6.33 Å². The first-order valence-corrected chi connectivity index (χ1v) is 11.3. The van der Waals surface area contributed by atoms with Crippen LogP contribution in [0.2, 0.25) is 0 Å². The zero-order chi connectivity index (χ0) is 24.2. The van der Waals surface area contributed by atoms with Gasteiger partial charge in [-0.25, -0.2) is 14.6 Å². The number of hydrogen-bond donors (Lipinski definition) is 1. The fourth-order valence-corrected chi connectivity index (χ4v) is 3.78. The molecule has 1 N–H and O–H groups in total. The third-order valence-electron chi connectivity index (χ3n) is 5.68. The second kappa shape index (κ2) is 9.79. The lowest BCUT2D eigenvalue weighted by Gasteiger charge is -2.25. The standard InChI is InChI=1S/C25H25N9O/c1-32(2)22-14-18(16-26)13-19(15-22)23-7-8-27-24(30-23)29-20-3-5-21(6-4-20)34-17-28-25(31-34)33-9-11-35-12-10-33/h3-8,13-15,17H,9-12H2,1-2H3,(H,27,29,30). The van der Waals surface area contributed by atoms with Crippen LogP contribution in [0.4, 0.5) is 23.3 Å². The molecule has 1 aliphatic rings. The third kappa shape index (κ3) is 5.05. The van der Waals surface area contributed by atoms with Gasteiger partial charge in [-0.05, 0) is 48.5 Å². The molecule has 2 aromatic carbocycles. The highest BCUT2D eigenvalue weighted by Gasteiger charge is 2.15. The van der Waals surface area contributed by atoms with E-state index in [4.69, 9.17) is 4.74 Å². The number of nitriles is 1. The van der Waals surface area contributed by atoms with Gasteiger partial charge in [-0.15, -0.1) is 5.10 Å². The number of hydrogen-bond acceptors (Lipinski definition) is 9. The molecule has 1 fully saturated rings. The van der Waals surface area contributed by atoms with Crippen LogP contribution in [-0.4, -0.2) is 65.1 Å². The van der Waals surface area contributed by atoms with Crippen LogP contribution in [0.15, 0.2) is 61.1 Å². The molecule has 0 unspecified atom stereocenters. The maximum absolute atomic E-state index is 9.41. The lowest BCUT2D eigenvalue weighted by Crippen LogP contribution is -2.37. The number of morpholine rings is 1. The highest BCUT2D eigenvalue weighted by atomic mass is 16.5. The van der Waals surface area contributed by atoms with Crippen molar-refractivity contribution in [2.24, 2.45) is 0 Å². The third-order valence-corrected chi connectivity index (χ3v) is 5.68. The topological polar surface area (TPSA) is 108 Å². The average molecular weight is 468 g/mol. The Labute approximate surface area is 203 Å². The Morgan fingerprint density at radius 3 is 2.57 bits per heavy atom. The van der Waals surface area contributed by atoms with Crippen LogP contribution in [-0.2, 0) is 4.74 Å². The Bertz CT molecular complexity index is 1350. The van der Waals surface area contributed by atoms with Crippen LogP contribution >= 0.6 is 0 Å². The lowest BCUT2D eigenvalue weighted by atomic mass is 10.1. The van der Waals surface area contributed by atoms with E-state index in [9.17, 15) is 5.26 Å². The Morgan fingerprint density at radius 2 is 1.83 bits per heavy atom. The summed E-state index contributed by atoms with van der Waals surface area (Å²) in [6, 6.07) is 17.6. The minimum absolute atomic E-state index is 0.472. The minimum atomic E-state index is 0.472. The van der Waals surface area contributed by atoms with E-state index in [0.717, 1.165) is 41.4 Å². The molecule has 0 atom stereocenters. The van der Waals surface area contributed by atoms with E-state index in [2.05, 4.69) is 36.3 Å². The minimum Gasteiger partial charge on any atom is -0.378 e. The Morgan fingerprint density at radius 1 is 1.03 bits per heavy atom. The molecule has 0 bridgehead atoms. The van der Waals surface area contributed by atoms with E-state index >= 15 is 0 Å².